The number of carbonyl (C=O) groups excluding carboxylic acids is 1. The minimum atomic E-state index is -1.05. The number of carbonyl (C=O) groups is 1. The van der Waals surface area contributed by atoms with Gasteiger partial charge in [-0.15, -0.1) is 11.6 Å². The van der Waals surface area contributed by atoms with Crippen molar-refractivity contribution >= 4 is 17.7 Å². The van der Waals surface area contributed by atoms with Crippen molar-refractivity contribution in [1.29, 1.82) is 0 Å². The predicted molar refractivity (Wildman–Crippen MR) is 87.9 cm³/mol. The lowest BCUT2D eigenvalue weighted by Gasteiger charge is -2.37. The molecular formula is C17H22ClNO5. The molecule has 1 aromatic carbocycles. The molecule has 0 bridgehead atoms. The fourth-order valence-corrected chi connectivity index (χ4v) is 3.86. The molecule has 2 aliphatic heterocycles. The molecule has 24 heavy (non-hydrogen) atoms. The van der Waals surface area contributed by atoms with Crippen LogP contribution in [0.1, 0.15) is 12.5 Å². The molecule has 2 aliphatic rings. The van der Waals surface area contributed by atoms with Gasteiger partial charge in [-0.3, -0.25) is 4.90 Å². The summed E-state index contributed by atoms with van der Waals surface area (Å²) in [4.78, 5) is 14.2. The predicted octanol–water partition coefficient (Wildman–Crippen LogP) is 2.39. The number of fused-ring (bicyclic) bond motifs is 1. The van der Waals surface area contributed by atoms with Gasteiger partial charge >= 0.3 is 6.09 Å². The summed E-state index contributed by atoms with van der Waals surface area (Å²) in [5, 5.41) is -0.376. The summed E-state index contributed by atoms with van der Waals surface area (Å²) >= 11 is 6.47. The van der Waals surface area contributed by atoms with E-state index in [2.05, 4.69) is 0 Å². The number of nitrogens with zero attached hydrogens (tertiary/aromatic N) is 1. The second-order valence-electron chi connectivity index (χ2n) is 6.26. The van der Waals surface area contributed by atoms with Crippen LogP contribution in [0.15, 0.2) is 30.3 Å². The average molecular weight is 356 g/mol. The molecule has 3 atom stereocenters. The Morgan fingerprint density at radius 3 is 2.62 bits per heavy atom. The lowest BCUT2D eigenvalue weighted by atomic mass is 9.93. The third-order valence-corrected chi connectivity index (χ3v) is 5.54. The molecule has 2 fully saturated rings. The first kappa shape index (κ1) is 17.5. The van der Waals surface area contributed by atoms with Crippen molar-refractivity contribution in [3.05, 3.63) is 35.9 Å². The van der Waals surface area contributed by atoms with E-state index in [0.717, 1.165) is 5.56 Å². The lowest BCUT2D eigenvalue weighted by Crippen LogP contribution is -2.57. The van der Waals surface area contributed by atoms with Crippen LogP contribution in [0.25, 0.3) is 0 Å². The van der Waals surface area contributed by atoms with Gasteiger partial charge in [0.2, 0.25) is 5.79 Å². The summed E-state index contributed by atoms with van der Waals surface area (Å²) in [6.45, 7) is 2.58. The summed E-state index contributed by atoms with van der Waals surface area (Å²) in [6.07, 6.45) is -0.456. The third kappa shape index (κ3) is 2.67. The number of likely N-dealkylation sites (tertiary alicyclic amines) is 1. The van der Waals surface area contributed by atoms with Gasteiger partial charge in [0.25, 0.3) is 0 Å². The summed E-state index contributed by atoms with van der Waals surface area (Å²) in [6, 6.07) is 9.03. The fourth-order valence-electron chi connectivity index (χ4n) is 3.53. The Hall–Kier alpha value is -1.34. The van der Waals surface area contributed by atoms with Crippen molar-refractivity contribution in [2.24, 2.45) is 0 Å². The lowest BCUT2D eigenvalue weighted by molar-refractivity contribution is -0.224. The van der Waals surface area contributed by atoms with Crippen molar-refractivity contribution in [2.75, 3.05) is 27.4 Å². The standard InChI is InChI=1S/C17H22ClNO5/c1-16-13(18)9-19(14(16)17(21-2,22-3)11-24-16)15(20)23-10-12-7-5-4-6-8-12/h4-8,13-14H,9-11H2,1-3H3/t13-,14?,16+/m0/s1. The topological polar surface area (TPSA) is 57.2 Å². The van der Waals surface area contributed by atoms with Crippen molar-refractivity contribution in [1.82, 2.24) is 4.90 Å². The van der Waals surface area contributed by atoms with E-state index >= 15 is 0 Å². The molecule has 1 amide bonds. The maximum atomic E-state index is 12.6. The zero-order chi connectivity index (χ0) is 17.4. The van der Waals surface area contributed by atoms with Gasteiger partial charge in [-0.05, 0) is 12.5 Å². The van der Waals surface area contributed by atoms with Gasteiger partial charge in [0.05, 0.1) is 5.38 Å². The maximum absolute atomic E-state index is 12.6. The highest BCUT2D eigenvalue weighted by Gasteiger charge is 2.68. The van der Waals surface area contributed by atoms with Crippen molar-refractivity contribution in [3.63, 3.8) is 0 Å². The molecule has 1 aromatic rings. The van der Waals surface area contributed by atoms with Crippen LogP contribution in [0.2, 0.25) is 0 Å². The number of hydrogen-bond acceptors (Lipinski definition) is 5. The van der Waals surface area contributed by atoms with E-state index in [4.69, 9.17) is 30.5 Å². The van der Waals surface area contributed by atoms with Crippen LogP contribution >= 0.6 is 11.6 Å². The van der Waals surface area contributed by atoms with E-state index < -0.39 is 23.5 Å². The first-order chi connectivity index (χ1) is 11.5. The van der Waals surface area contributed by atoms with Crippen LogP contribution in [0.4, 0.5) is 4.79 Å². The van der Waals surface area contributed by atoms with Gasteiger partial charge in [0, 0.05) is 20.8 Å². The quantitative estimate of drug-likeness (QED) is 0.613. The number of benzene rings is 1. The molecule has 132 valence electrons. The Morgan fingerprint density at radius 2 is 2.00 bits per heavy atom. The van der Waals surface area contributed by atoms with Crippen LogP contribution in [-0.4, -0.2) is 61.2 Å². The van der Waals surface area contributed by atoms with Crippen LogP contribution in [0.3, 0.4) is 0 Å². The van der Waals surface area contributed by atoms with E-state index in [1.165, 1.54) is 14.2 Å². The summed E-state index contributed by atoms with van der Waals surface area (Å²) in [5.41, 5.74) is 0.168. The molecule has 1 unspecified atom stereocenters. The number of methoxy groups -OCH3 is 2. The highest BCUT2D eigenvalue weighted by Crippen LogP contribution is 2.48. The molecule has 0 saturated carbocycles. The van der Waals surface area contributed by atoms with Gasteiger partial charge < -0.3 is 18.9 Å². The summed E-state index contributed by atoms with van der Waals surface area (Å²) in [7, 11) is 3.07. The molecule has 2 saturated heterocycles. The molecular weight excluding hydrogens is 334 g/mol. The molecule has 0 aromatic heterocycles. The third-order valence-electron chi connectivity index (χ3n) is 4.97. The van der Waals surface area contributed by atoms with E-state index in [1.807, 2.05) is 37.3 Å². The van der Waals surface area contributed by atoms with Crippen LogP contribution in [-0.2, 0) is 25.6 Å². The Kier molecular flexibility index (Phi) is 4.75. The first-order valence-corrected chi connectivity index (χ1v) is 8.26. The normalized spacial score (nSPS) is 31.1. The number of amides is 1. The SMILES string of the molecule is COC1(OC)CO[C@@]2(C)C1N(C(=O)OCc1ccccc1)C[C@@H]2Cl. The first-order valence-electron chi connectivity index (χ1n) is 7.82. The van der Waals surface area contributed by atoms with E-state index in [-0.39, 0.29) is 18.6 Å². The van der Waals surface area contributed by atoms with Gasteiger partial charge in [0.1, 0.15) is 24.9 Å². The monoisotopic (exact) mass is 355 g/mol. The molecule has 3 rings (SSSR count). The minimum Gasteiger partial charge on any atom is -0.445 e. The Bertz CT molecular complexity index is 594. The van der Waals surface area contributed by atoms with Crippen molar-refractivity contribution in [3.8, 4) is 0 Å². The van der Waals surface area contributed by atoms with Crippen LogP contribution in [0.5, 0.6) is 0 Å². The Balaban J connectivity index is 1.78. The molecule has 2 heterocycles. The number of halogens is 1. The summed E-state index contributed by atoms with van der Waals surface area (Å²) < 4.78 is 22.5. The number of rotatable bonds is 4. The van der Waals surface area contributed by atoms with E-state index in [9.17, 15) is 4.79 Å². The van der Waals surface area contributed by atoms with Crippen LogP contribution < -0.4 is 0 Å². The fraction of sp³-hybridized carbons (Fsp3) is 0.588. The zero-order valence-electron chi connectivity index (χ0n) is 14.0. The van der Waals surface area contributed by atoms with Crippen molar-refractivity contribution in [2.45, 2.75) is 36.3 Å². The van der Waals surface area contributed by atoms with Gasteiger partial charge in [0.15, 0.2) is 0 Å². The molecule has 7 heteroatoms. The van der Waals surface area contributed by atoms with E-state index in [1.54, 1.807) is 4.90 Å². The maximum Gasteiger partial charge on any atom is 0.410 e. The van der Waals surface area contributed by atoms with Gasteiger partial charge in [-0.1, -0.05) is 30.3 Å². The number of hydrogen-bond donors (Lipinski definition) is 0. The van der Waals surface area contributed by atoms with Gasteiger partial charge in [-0.25, -0.2) is 4.79 Å². The Labute approximate surface area is 146 Å². The smallest absolute Gasteiger partial charge is 0.410 e. The van der Waals surface area contributed by atoms with Gasteiger partial charge in [-0.2, -0.15) is 0 Å². The average Bonchev–Trinajstić information content (AvgIpc) is 3.06. The minimum absolute atomic E-state index is 0.195. The summed E-state index contributed by atoms with van der Waals surface area (Å²) in [5.74, 6) is -1.05. The Morgan fingerprint density at radius 1 is 1.33 bits per heavy atom. The second kappa shape index (κ2) is 6.52. The molecule has 0 N–H and O–H groups in total. The van der Waals surface area contributed by atoms with Crippen molar-refractivity contribution < 1.29 is 23.7 Å². The molecule has 0 radical (unpaired) electrons. The number of alkyl halides is 1. The zero-order valence-corrected chi connectivity index (χ0v) is 14.8. The highest BCUT2D eigenvalue weighted by atomic mass is 35.5. The molecule has 0 spiro atoms. The highest BCUT2D eigenvalue weighted by molar-refractivity contribution is 6.22. The largest absolute Gasteiger partial charge is 0.445 e. The number of ether oxygens (including phenoxy) is 4. The van der Waals surface area contributed by atoms with Crippen LogP contribution in [0, 0.1) is 0 Å². The van der Waals surface area contributed by atoms with E-state index in [0.29, 0.717) is 6.54 Å². The molecule has 0 aliphatic carbocycles. The molecule has 6 nitrogen and oxygen atoms in total. The second-order valence-corrected chi connectivity index (χ2v) is 6.78.